The number of imide groups is 1. The zero-order valence-corrected chi connectivity index (χ0v) is 14.9. The van der Waals surface area contributed by atoms with E-state index in [1.807, 2.05) is 24.3 Å². The Morgan fingerprint density at radius 2 is 1.71 bits per heavy atom. The van der Waals surface area contributed by atoms with Crippen LogP contribution in [0.1, 0.15) is 30.9 Å². The first-order valence-electron chi connectivity index (χ1n) is 7.60. The van der Waals surface area contributed by atoms with Crippen LogP contribution in [0.3, 0.4) is 0 Å². The summed E-state index contributed by atoms with van der Waals surface area (Å²) >= 11 is 7.05. The summed E-state index contributed by atoms with van der Waals surface area (Å²) in [7, 11) is 0. The number of rotatable bonds is 3. The fraction of sp³-hybridized carbons (Fsp3) is 0.158. The van der Waals surface area contributed by atoms with Crippen LogP contribution in [0.5, 0.6) is 0 Å². The highest BCUT2D eigenvalue weighted by molar-refractivity contribution is 8.19. The van der Waals surface area contributed by atoms with Crippen molar-refractivity contribution in [1.29, 1.82) is 0 Å². The molecule has 0 N–H and O–H groups in total. The van der Waals surface area contributed by atoms with Gasteiger partial charge in [0, 0.05) is 0 Å². The first kappa shape index (κ1) is 16.8. The average Bonchev–Trinajstić information content (AvgIpc) is 2.83. The van der Waals surface area contributed by atoms with Gasteiger partial charge in [0.2, 0.25) is 0 Å². The molecular formula is C19H16ClNO2S. The summed E-state index contributed by atoms with van der Waals surface area (Å²) in [5.41, 5.74) is 2.54. The summed E-state index contributed by atoms with van der Waals surface area (Å²) in [5.74, 6) is 0.109. The molecule has 0 atom stereocenters. The predicted octanol–water partition coefficient (Wildman–Crippen LogP) is 5.70. The van der Waals surface area contributed by atoms with E-state index in [4.69, 9.17) is 11.6 Å². The minimum Gasteiger partial charge on any atom is -0.268 e. The second-order valence-corrected chi connectivity index (χ2v) is 7.19. The molecule has 122 valence electrons. The van der Waals surface area contributed by atoms with Crippen molar-refractivity contribution in [1.82, 2.24) is 0 Å². The Labute approximate surface area is 150 Å². The summed E-state index contributed by atoms with van der Waals surface area (Å²) < 4.78 is 0. The third-order valence-electron chi connectivity index (χ3n) is 3.79. The molecule has 1 saturated heterocycles. The number of nitrogens with zero attached hydrogens (tertiary/aromatic N) is 1. The molecule has 0 aliphatic carbocycles. The zero-order chi connectivity index (χ0) is 17.3. The SMILES string of the molecule is CC(C)c1ccc(/C=C2\SC(=O)N(c3ccccc3Cl)C2=O)cc1. The third-order valence-corrected chi connectivity index (χ3v) is 4.98. The number of halogens is 1. The topological polar surface area (TPSA) is 37.4 Å². The lowest BCUT2D eigenvalue weighted by Crippen LogP contribution is -2.27. The smallest absolute Gasteiger partial charge is 0.268 e. The number of thioether (sulfide) groups is 1. The number of anilines is 1. The van der Waals surface area contributed by atoms with E-state index in [2.05, 4.69) is 13.8 Å². The molecule has 0 aromatic heterocycles. The predicted molar refractivity (Wildman–Crippen MR) is 100 cm³/mol. The van der Waals surface area contributed by atoms with Crippen molar-refractivity contribution in [2.75, 3.05) is 4.90 Å². The molecule has 24 heavy (non-hydrogen) atoms. The number of carbonyl (C=O) groups is 2. The van der Waals surface area contributed by atoms with Crippen molar-refractivity contribution < 1.29 is 9.59 Å². The van der Waals surface area contributed by atoms with Crippen LogP contribution in [0.2, 0.25) is 5.02 Å². The van der Waals surface area contributed by atoms with Crippen LogP contribution in [0.4, 0.5) is 10.5 Å². The number of amides is 2. The molecule has 5 heteroatoms. The average molecular weight is 358 g/mol. The largest absolute Gasteiger partial charge is 0.298 e. The highest BCUT2D eigenvalue weighted by Crippen LogP contribution is 2.38. The quantitative estimate of drug-likeness (QED) is 0.661. The lowest BCUT2D eigenvalue weighted by atomic mass is 10.0. The third kappa shape index (κ3) is 3.25. The fourth-order valence-electron chi connectivity index (χ4n) is 2.44. The van der Waals surface area contributed by atoms with Gasteiger partial charge >= 0.3 is 0 Å². The van der Waals surface area contributed by atoms with Crippen LogP contribution in [0.25, 0.3) is 6.08 Å². The first-order chi connectivity index (χ1) is 11.5. The summed E-state index contributed by atoms with van der Waals surface area (Å²) in [4.78, 5) is 26.4. The van der Waals surface area contributed by atoms with Gasteiger partial charge in [-0.05, 0) is 47.0 Å². The molecule has 0 spiro atoms. The van der Waals surface area contributed by atoms with Crippen molar-refractivity contribution in [2.24, 2.45) is 0 Å². The maximum atomic E-state index is 12.6. The van der Waals surface area contributed by atoms with E-state index in [1.54, 1.807) is 30.3 Å². The number of benzene rings is 2. The van der Waals surface area contributed by atoms with Gasteiger partial charge in [0.05, 0.1) is 15.6 Å². The van der Waals surface area contributed by atoms with E-state index >= 15 is 0 Å². The molecular weight excluding hydrogens is 342 g/mol. The molecule has 3 rings (SSSR count). The zero-order valence-electron chi connectivity index (χ0n) is 13.3. The van der Waals surface area contributed by atoms with Crippen LogP contribution in [-0.2, 0) is 4.79 Å². The van der Waals surface area contributed by atoms with Crippen molar-refractivity contribution in [3.63, 3.8) is 0 Å². The normalized spacial score (nSPS) is 16.5. The summed E-state index contributed by atoms with van der Waals surface area (Å²) in [5, 5.41) is 0.0421. The summed E-state index contributed by atoms with van der Waals surface area (Å²) in [6, 6.07) is 14.8. The van der Waals surface area contributed by atoms with Gasteiger partial charge in [-0.15, -0.1) is 0 Å². The van der Waals surface area contributed by atoms with Crippen LogP contribution in [0, 0.1) is 0 Å². The second-order valence-electron chi connectivity index (χ2n) is 5.79. The van der Waals surface area contributed by atoms with E-state index in [0.717, 1.165) is 22.2 Å². The highest BCUT2D eigenvalue weighted by atomic mass is 35.5. The van der Waals surface area contributed by atoms with E-state index in [-0.39, 0.29) is 11.1 Å². The lowest BCUT2D eigenvalue weighted by molar-refractivity contribution is -0.113. The molecule has 1 fully saturated rings. The number of carbonyl (C=O) groups excluding carboxylic acids is 2. The molecule has 2 aromatic rings. The second kappa shape index (κ2) is 6.83. The molecule has 0 radical (unpaired) electrons. The molecule has 2 aromatic carbocycles. The Morgan fingerprint density at radius 3 is 2.33 bits per heavy atom. The summed E-state index contributed by atoms with van der Waals surface area (Å²) in [6.07, 6.45) is 1.74. The van der Waals surface area contributed by atoms with Crippen molar-refractivity contribution >= 4 is 46.3 Å². The number of hydrogen-bond acceptors (Lipinski definition) is 3. The minimum absolute atomic E-state index is 0.335. The first-order valence-corrected chi connectivity index (χ1v) is 8.79. The van der Waals surface area contributed by atoms with Crippen LogP contribution >= 0.6 is 23.4 Å². The van der Waals surface area contributed by atoms with Gasteiger partial charge in [-0.3, -0.25) is 9.59 Å². The monoisotopic (exact) mass is 357 g/mol. The van der Waals surface area contributed by atoms with Crippen LogP contribution in [-0.4, -0.2) is 11.1 Å². The highest BCUT2D eigenvalue weighted by Gasteiger charge is 2.37. The van der Waals surface area contributed by atoms with Crippen LogP contribution < -0.4 is 4.90 Å². The molecule has 3 nitrogen and oxygen atoms in total. The number of para-hydroxylation sites is 1. The van der Waals surface area contributed by atoms with Gasteiger partial charge < -0.3 is 0 Å². The van der Waals surface area contributed by atoms with E-state index < -0.39 is 0 Å². The Morgan fingerprint density at radius 1 is 1.04 bits per heavy atom. The Kier molecular flexibility index (Phi) is 4.78. The molecule has 1 aliphatic heterocycles. The standard InChI is InChI=1S/C19H16ClNO2S/c1-12(2)14-9-7-13(8-10-14)11-17-18(22)21(19(23)24-17)16-6-4-3-5-15(16)20/h3-12H,1-2H3/b17-11-. The van der Waals surface area contributed by atoms with Gasteiger partial charge in [-0.25, -0.2) is 4.90 Å². The Hall–Kier alpha value is -2.04. The van der Waals surface area contributed by atoms with Gasteiger partial charge in [0.15, 0.2) is 0 Å². The molecule has 2 amide bonds. The van der Waals surface area contributed by atoms with Gasteiger partial charge in [-0.2, -0.15) is 0 Å². The molecule has 0 bridgehead atoms. The number of hydrogen-bond donors (Lipinski definition) is 0. The maximum Gasteiger partial charge on any atom is 0.298 e. The molecule has 0 saturated carbocycles. The lowest BCUT2D eigenvalue weighted by Gasteiger charge is -2.13. The minimum atomic E-state index is -0.342. The fourth-order valence-corrected chi connectivity index (χ4v) is 3.49. The molecule has 1 heterocycles. The van der Waals surface area contributed by atoms with Gasteiger partial charge in [-0.1, -0.05) is 61.8 Å². The molecule has 0 unspecified atom stereocenters. The van der Waals surface area contributed by atoms with Gasteiger partial charge in [0.25, 0.3) is 11.1 Å². The Balaban J connectivity index is 1.90. The summed E-state index contributed by atoms with van der Waals surface area (Å²) in [6.45, 7) is 4.26. The van der Waals surface area contributed by atoms with E-state index in [1.165, 1.54) is 5.56 Å². The van der Waals surface area contributed by atoms with Gasteiger partial charge in [0.1, 0.15) is 0 Å². The maximum absolute atomic E-state index is 12.6. The van der Waals surface area contributed by atoms with Crippen molar-refractivity contribution in [2.45, 2.75) is 19.8 Å². The van der Waals surface area contributed by atoms with Crippen molar-refractivity contribution in [3.8, 4) is 0 Å². The molecule has 1 aliphatic rings. The van der Waals surface area contributed by atoms with Crippen molar-refractivity contribution in [3.05, 3.63) is 69.6 Å². The van der Waals surface area contributed by atoms with E-state index in [9.17, 15) is 9.59 Å². The van der Waals surface area contributed by atoms with Crippen LogP contribution in [0.15, 0.2) is 53.4 Å². The Bertz CT molecular complexity index is 828. The van der Waals surface area contributed by atoms with E-state index in [0.29, 0.717) is 21.5 Å².